The highest BCUT2D eigenvalue weighted by Crippen LogP contribution is 2.14. The summed E-state index contributed by atoms with van der Waals surface area (Å²) in [5, 5.41) is 2.77. The first-order chi connectivity index (χ1) is 8.97. The smallest absolute Gasteiger partial charge is 0.242 e. The van der Waals surface area contributed by atoms with Gasteiger partial charge in [-0.3, -0.25) is 4.79 Å². The Morgan fingerprint density at radius 3 is 2.47 bits per heavy atom. The van der Waals surface area contributed by atoms with E-state index in [4.69, 9.17) is 0 Å². The van der Waals surface area contributed by atoms with Gasteiger partial charge in [0.1, 0.15) is 6.54 Å². The standard InChI is InChI=1S/C14H21N3O2/c1-11(2)17(12(3)4)14(18)10-16-8-6-5-7-13(16)9-15-19/h5-9,11-12H,10H2,1-4H3. The Morgan fingerprint density at radius 1 is 1.32 bits per heavy atom. The fraction of sp³-hybridized carbons (Fsp3) is 0.500. The Bertz CT molecular complexity index is 414. The fourth-order valence-corrected chi connectivity index (χ4v) is 2.20. The molecular formula is C14H21N3O2. The molecule has 0 aliphatic carbocycles. The number of carbonyl (C=O) groups excluding carboxylic acids is 1. The second-order valence-electron chi connectivity index (χ2n) is 4.98. The summed E-state index contributed by atoms with van der Waals surface area (Å²) in [7, 11) is 0. The molecule has 0 aromatic carbocycles. The van der Waals surface area contributed by atoms with E-state index in [9.17, 15) is 9.70 Å². The van der Waals surface area contributed by atoms with Crippen LogP contribution < -0.4 is 0 Å². The molecule has 0 unspecified atom stereocenters. The van der Waals surface area contributed by atoms with Crippen LogP contribution in [-0.2, 0) is 4.79 Å². The monoisotopic (exact) mass is 263 g/mol. The number of allylic oxidation sites excluding steroid dienone is 3. The number of rotatable bonds is 5. The molecule has 5 nitrogen and oxygen atoms in total. The Balaban J connectivity index is 2.80. The van der Waals surface area contributed by atoms with E-state index in [2.05, 4.69) is 5.18 Å². The van der Waals surface area contributed by atoms with E-state index in [0.717, 1.165) is 0 Å². The fourth-order valence-electron chi connectivity index (χ4n) is 2.20. The van der Waals surface area contributed by atoms with Gasteiger partial charge in [-0.2, -0.15) is 0 Å². The average molecular weight is 263 g/mol. The molecule has 0 aromatic rings. The van der Waals surface area contributed by atoms with E-state index in [0.29, 0.717) is 5.70 Å². The van der Waals surface area contributed by atoms with Crippen molar-refractivity contribution >= 4 is 5.91 Å². The lowest BCUT2D eigenvalue weighted by molar-refractivity contribution is -0.135. The lowest BCUT2D eigenvalue weighted by Gasteiger charge is -2.33. The Morgan fingerprint density at radius 2 is 1.95 bits per heavy atom. The zero-order chi connectivity index (χ0) is 14.4. The Hall–Kier alpha value is -1.91. The molecule has 0 atom stereocenters. The van der Waals surface area contributed by atoms with Crippen molar-refractivity contribution in [1.29, 1.82) is 0 Å². The van der Waals surface area contributed by atoms with Crippen LogP contribution in [0.1, 0.15) is 27.7 Å². The van der Waals surface area contributed by atoms with Crippen molar-refractivity contribution in [3.05, 3.63) is 41.2 Å². The zero-order valence-electron chi connectivity index (χ0n) is 11.9. The lowest BCUT2D eigenvalue weighted by Crippen LogP contribution is -2.46. The molecule has 19 heavy (non-hydrogen) atoms. The predicted molar refractivity (Wildman–Crippen MR) is 76.0 cm³/mol. The van der Waals surface area contributed by atoms with Gasteiger partial charge in [0, 0.05) is 18.3 Å². The number of hydrogen-bond donors (Lipinski definition) is 0. The molecule has 0 fully saturated rings. The molecule has 0 aromatic heterocycles. The van der Waals surface area contributed by atoms with Crippen LogP contribution in [0.4, 0.5) is 0 Å². The molecule has 0 saturated carbocycles. The molecular weight excluding hydrogens is 242 g/mol. The average Bonchev–Trinajstić information content (AvgIpc) is 2.30. The molecule has 0 N–H and O–H groups in total. The van der Waals surface area contributed by atoms with Crippen LogP contribution in [0.3, 0.4) is 0 Å². The van der Waals surface area contributed by atoms with Gasteiger partial charge in [0.2, 0.25) is 5.91 Å². The van der Waals surface area contributed by atoms with E-state index in [1.807, 2.05) is 38.7 Å². The molecule has 5 heteroatoms. The molecule has 1 amide bonds. The van der Waals surface area contributed by atoms with Gasteiger partial charge >= 0.3 is 0 Å². The molecule has 0 bridgehead atoms. The van der Waals surface area contributed by atoms with Gasteiger partial charge < -0.3 is 9.80 Å². The summed E-state index contributed by atoms with van der Waals surface area (Å²) in [5.74, 6) is 0.0294. The highest BCUT2D eigenvalue weighted by Gasteiger charge is 2.22. The maximum absolute atomic E-state index is 12.3. The van der Waals surface area contributed by atoms with Crippen molar-refractivity contribution in [3.8, 4) is 0 Å². The summed E-state index contributed by atoms with van der Waals surface area (Å²) >= 11 is 0. The molecule has 0 spiro atoms. The first-order valence-corrected chi connectivity index (χ1v) is 6.42. The van der Waals surface area contributed by atoms with Crippen LogP contribution in [0.2, 0.25) is 0 Å². The normalized spacial score (nSPS) is 16.5. The van der Waals surface area contributed by atoms with Crippen LogP contribution in [0.25, 0.3) is 0 Å². The van der Waals surface area contributed by atoms with Gasteiger partial charge in [-0.05, 0) is 45.0 Å². The van der Waals surface area contributed by atoms with Gasteiger partial charge in [0.25, 0.3) is 0 Å². The third-order valence-corrected chi connectivity index (χ3v) is 2.87. The molecule has 1 aliphatic heterocycles. The molecule has 1 aliphatic rings. The molecule has 1 rings (SSSR count). The first kappa shape index (κ1) is 15.1. The van der Waals surface area contributed by atoms with E-state index < -0.39 is 0 Å². The molecule has 104 valence electrons. The lowest BCUT2D eigenvalue weighted by atomic mass is 10.2. The summed E-state index contributed by atoms with van der Waals surface area (Å²) in [6.45, 7) is 8.18. The van der Waals surface area contributed by atoms with E-state index in [-0.39, 0.29) is 24.5 Å². The number of nitrogens with zero attached hydrogens (tertiary/aromatic N) is 3. The van der Waals surface area contributed by atoms with Crippen LogP contribution in [0.15, 0.2) is 41.5 Å². The van der Waals surface area contributed by atoms with Crippen molar-refractivity contribution in [2.24, 2.45) is 5.18 Å². The van der Waals surface area contributed by atoms with Gasteiger partial charge in [0.05, 0.1) is 11.9 Å². The summed E-state index contributed by atoms with van der Waals surface area (Å²) < 4.78 is 0. The topological polar surface area (TPSA) is 53.0 Å². The third-order valence-electron chi connectivity index (χ3n) is 2.87. The summed E-state index contributed by atoms with van der Waals surface area (Å²) in [4.78, 5) is 26.2. The number of hydrogen-bond acceptors (Lipinski definition) is 4. The number of carbonyl (C=O) groups is 1. The molecule has 0 saturated heterocycles. The van der Waals surface area contributed by atoms with E-state index in [1.54, 1.807) is 23.3 Å². The number of nitroso groups, excluding NO2 is 1. The SMILES string of the molecule is CC(C)N(C(=O)CN1C=CC=CC1=CN=O)C(C)C. The van der Waals surface area contributed by atoms with Crippen molar-refractivity contribution < 1.29 is 4.79 Å². The highest BCUT2D eigenvalue weighted by atomic mass is 16.2. The quantitative estimate of drug-likeness (QED) is 0.716. The minimum absolute atomic E-state index is 0.0294. The van der Waals surface area contributed by atoms with Gasteiger partial charge in [-0.15, -0.1) is 4.91 Å². The maximum Gasteiger partial charge on any atom is 0.242 e. The van der Waals surface area contributed by atoms with Crippen molar-refractivity contribution in [2.45, 2.75) is 39.8 Å². The van der Waals surface area contributed by atoms with Crippen LogP contribution in [0.5, 0.6) is 0 Å². The third kappa shape index (κ3) is 4.05. The highest BCUT2D eigenvalue weighted by molar-refractivity contribution is 5.79. The van der Waals surface area contributed by atoms with E-state index >= 15 is 0 Å². The summed E-state index contributed by atoms with van der Waals surface area (Å²) in [6.07, 6.45) is 8.37. The minimum Gasteiger partial charge on any atom is -0.337 e. The van der Waals surface area contributed by atoms with Crippen molar-refractivity contribution in [1.82, 2.24) is 9.80 Å². The molecule has 0 radical (unpaired) electrons. The molecule has 1 heterocycles. The summed E-state index contributed by atoms with van der Waals surface area (Å²) in [6, 6.07) is 0.293. The van der Waals surface area contributed by atoms with Crippen LogP contribution in [-0.4, -0.2) is 34.3 Å². The number of amides is 1. The second kappa shape index (κ2) is 6.87. The zero-order valence-corrected chi connectivity index (χ0v) is 11.9. The van der Waals surface area contributed by atoms with Crippen molar-refractivity contribution in [3.63, 3.8) is 0 Å². The van der Waals surface area contributed by atoms with Crippen molar-refractivity contribution in [2.75, 3.05) is 6.54 Å². The van der Waals surface area contributed by atoms with E-state index in [1.165, 1.54) is 6.20 Å². The van der Waals surface area contributed by atoms with Crippen LogP contribution in [0, 0.1) is 4.91 Å². The second-order valence-corrected chi connectivity index (χ2v) is 4.98. The Labute approximate surface area is 114 Å². The van der Waals surface area contributed by atoms with Crippen LogP contribution >= 0.6 is 0 Å². The largest absolute Gasteiger partial charge is 0.337 e. The predicted octanol–water partition coefficient (Wildman–Crippen LogP) is 2.63. The van der Waals surface area contributed by atoms with Gasteiger partial charge in [0.15, 0.2) is 0 Å². The van der Waals surface area contributed by atoms with Gasteiger partial charge in [-0.25, -0.2) is 0 Å². The summed E-state index contributed by atoms with van der Waals surface area (Å²) in [5.41, 5.74) is 0.623. The van der Waals surface area contributed by atoms with Gasteiger partial charge in [-0.1, -0.05) is 6.08 Å². The minimum atomic E-state index is 0.0294. The maximum atomic E-state index is 12.3. The first-order valence-electron chi connectivity index (χ1n) is 6.42. The Kier molecular flexibility index (Phi) is 5.48.